The van der Waals surface area contributed by atoms with Crippen molar-refractivity contribution >= 4 is 27.5 Å². The lowest BCUT2D eigenvalue weighted by Gasteiger charge is -2.39. The van der Waals surface area contributed by atoms with Crippen molar-refractivity contribution in [3.63, 3.8) is 0 Å². The van der Waals surface area contributed by atoms with E-state index in [-0.39, 0.29) is 43.6 Å². The summed E-state index contributed by atoms with van der Waals surface area (Å²) in [5.74, 6) is -2.18. The summed E-state index contributed by atoms with van der Waals surface area (Å²) in [6.07, 6.45) is 2.17. The highest BCUT2D eigenvalue weighted by Gasteiger charge is 2.37. The molecule has 1 saturated heterocycles. The quantitative estimate of drug-likeness (QED) is 0.359. The van der Waals surface area contributed by atoms with E-state index in [1.54, 1.807) is 6.07 Å². The van der Waals surface area contributed by atoms with Crippen LogP contribution in [0.15, 0.2) is 30.3 Å². The Morgan fingerprint density at radius 3 is 2.38 bits per heavy atom. The minimum atomic E-state index is -4.01. The fraction of sp³-hybridized carbons (Fsp3) is 0.552. The average molecular weight is 601 g/mol. The SMILES string of the molecule is CC(c1cc(F)cc(Cl)c1)N1CCC(F)(COCc2cc(F)c(C(=O)NS(=O)(=O)C(C)(C)C)cc2C2CC2)CC1. The Morgan fingerprint density at radius 1 is 1.15 bits per heavy atom. The van der Waals surface area contributed by atoms with Gasteiger partial charge in [-0.25, -0.2) is 26.3 Å². The van der Waals surface area contributed by atoms with Crippen molar-refractivity contribution in [3.8, 4) is 0 Å². The number of piperidine rings is 1. The summed E-state index contributed by atoms with van der Waals surface area (Å²) >= 11 is 5.99. The topological polar surface area (TPSA) is 75.7 Å². The van der Waals surface area contributed by atoms with E-state index in [1.165, 1.54) is 45.0 Å². The molecule has 0 aromatic heterocycles. The van der Waals surface area contributed by atoms with E-state index in [0.29, 0.717) is 29.2 Å². The molecule has 2 aliphatic rings. The fourth-order valence-electron chi connectivity index (χ4n) is 4.86. The molecule has 220 valence electrons. The minimum Gasteiger partial charge on any atom is -0.373 e. The monoisotopic (exact) mass is 600 g/mol. The maximum atomic E-state index is 15.6. The molecule has 1 saturated carbocycles. The molecule has 2 fully saturated rings. The first-order chi connectivity index (χ1) is 18.6. The zero-order valence-corrected chi connectivity index (χ0v) is 24.8. The molecule has 6 nitrogen and oxygen atoms in total. The molecule has 11 heteroatoms. The van der Waals surface area contributed by atoms with Crippen LogP contribution in [0, 0.1) is 11.6 Å². The average Bonchev–Trinajstić information content (AvgIpc) is 3.68. The van der Waals surface area contributed by atoms with Gasteiger partial charge in [0.05, 0.1) is 23.5 Å². The van der Waals surface area contributed by atoms with E-state index in [4.69, 9.17) is 16.3 Å². The maximum absolute atomic E-state index is 15.6. The van der Waals surface area contributed by atoms with Crippen LogP contribution in [0.3, 0.4) is 0 Å². The number of hydrogen-bond acceptors (Lipinski definition) is 5. The van der Waals surface area contributed by atoms with E-state index >= 15 is 4.39 Å². The standard InChI is InChI=1S/C29H36ClF3N2O4S/c1-18(20-11-22(30)14-23(31)12-20)35-9-7-29(33,8-10-35)17-39-16-21-13-26(32)25(15-24(21)19-5-6-19)27(36)34-40(37,38)28(2,3)4/h11-15,18-19H,5-10,16-17H2,1-4H3,(H,34,36). The van der Waals surface area contributed by atoms with Crippen molar-refractivity contribution in [2.45, 2.75) is 82.4 Å². The normalized spacial score (nSPS) is 18.9. The van der Waals surface area contributed by atoms with Gasteiger partial charge in [-0.3, -0.25) is 9.69 Å². The molecule has 1 heterocycles. The fourth-order valence-corrected chi connectivity index (χ4v) is 5.75. The van der Waals surface area contributed by atoms with Gasteiger partial charge in [0.2, 0.25) is 10.0 Å². The molecule has 0 bridgehead atoms. The number of alkyl halides is 1. The molecule has 1 aliphatic carbocycles. The third kappa shape index (κ3) is 7.19. The highest BCUT2D eigenvalue weighted by Crippen LogP contribution is 2.43. The summed E-state index contributed by atoms with van der Waals surface area (Å²) in [6, 6.07) is 6.85. The molecule has 1 N–H and O–H groups in total. The van der Waals surface area contributed by atoms with Gasteiger partial charge < -0.3 is 4.74 Å². The van der Waals surface area contributed by atoms with Gasteiger partial charge in [0.25, 0.3) is 5.91 Å². The lowest BCUT2D eigenvalue weighted by atomic mass is 9.92. The van der Waals surface area contributed by atoms with Crippen LogP contribution >= 0.6 is 11.6 Å². The highest BCUT2D eigenvalue weighted by molar-refractivity contribution is 7.91. The molecule has 1 aliphatic heterocycles. The van der Waals surface area contributed by atoms with Gasteiger partial charge >= 0.3 is 0 Å². The van der Waals surface area contributed by atoms with E-state index in [0.717, 1.165) is 18.4 Å². The van der Waals surface area contributed by atoms with Crippen molar-refractivity contribution in [2.75, 3.05) is 19.7 Å². The molecule has 2 aromatic carbocycles. The highest BCUT2D eigenvalue weighted by atomic mass is 35.5. The third-order valence-electron chi connectivity index (χ3n) is 7.75. The van der Waals surface area contributed by atoms with E-state index in [9.17, 15) is 22.0 Å². The van der Waals surface area contributed by atoms with Crippen molar-refractivity contribution < 1.29 is 31.1 Å². The Morgan fingerprint density at radius 2 is 1.80 bits per heavy atom. The molecular formula is C29H36ClF3N2O4S. The predicted octanol–water partition coefficient (Wildman–Crippen LogP) is 6.44. The van der Waals surface area contributed by atoms with Crippen LogP contribution < -0.4 is 4.72 Å². The Bertz CT molecular complexity index is 1350. The number of halogens is 4. The Hall–Kier alpha value is -2.14. The van der Waals surface area contributed by atoms with Crippen LogP contribution in [0.4, 0.5) is 13.2 Å². The number of carbonyl (C=O) groups is 1. The van der Waals surface area contributed by atoms with Gasteiger partial charge in [-0.2, -0.15) is 0 Å². The van der Waals surface area contributed by atoms with Crippen LogP contribution in [0.2, 0.25) is 5.02 Å². The number of amides is 1. The zero-order chi connectivity index (χ0) is 29.5. The largest absolute Gasteiger partial charge is 0.373 e. The number of nitrogens with zero attached hydrogens (tertiary/aromatic N) is 1. The molecule has 1 unspecified atom stereocenters. The number of ether oxygens (including phenoxy) is 1. The molecule has 4 rings (SSSR count). The Balaban J connectivity index is 1.37. The second-order valence-corrected chi connectivity index (χ2v) is 14.8. The number of sulfonamides is 1. The summed E-state index contributed by atoms with van der Waals surface area (Å²) in [6.45, 7) is 6.98. The number of carbonyl (C=O) groups excluding carboxylic acids is 1. The van der Waals surface area contributed by atoms with Gasteiger partial charge in [0.15, 0.2) is 0 Å². The second-order valence-electron chi connectivity index (χ2n) is 11.9. The van der Waals surface area contributed by atoms with Crippen molar-refractivity contribution in [1.82, 2.24) is 9.62 Å². The van der Waals surface area contributed by atoms with Crippen molar-refractivity contribution in [1.29, 1.82) is 0 Å². The van der Waals surface area contributed by atoms with Crippen LogP contribution in [0.5, 0.6) is 0 Å². The lowest BCUT2D eigenvalue weighted by Crippen LogP contribution is -2.45. The van der Waals surface area contributed by atoms with Crippen LogP contribution in [-0.4, -0.2) is 49.3 Å². The summed E-state index contributed by atoms with van der Waals surface area (Å²) in [7, 11) is -4.01. The summed E-state index contributed by atoms with van der Waals surface area (Å²) in [5, 5.41) is 0.317. The van der Waals surface area contributed by atoms with Crippen molar-refractivity contribution in [2.24, 2.45) is 0 Å². The van der Waals surface area contributed by atoms with E-state index in [1.807, 2.05) is 11.6 Å². The number of nitrogens with one attached hydrogen (secondary N) is 1. The Labute approximate surface area is 239 Å². The molecule has 0 spiro atoms. The van der Waals surface area contributed by atoms with Gasteiger partial charge in [-0.05, 0) is 106 Å². The zero-order valence-electron chi connectivity index (χ0n) is 23.2. The van der Waals surface area contributed by atoms with Crippen molar-refractivity contribution in [3.05, 3.63) is 69.2 Å². The minimum absolute atomic E-state index is 0.0292. The summed E-state index contributed by atoms with van der Waals surface area (Å²) in [4.78, 5) is 14.7. The van der Waals surface area contributed by atoms with E-state index < -0.39 is 38.0 Å². The van der Waals surface area contributed by atoms with Gasteiger partial charge in [-0.1, -0.05) is 11.6 Å². The predicted molar refractivity (Wildman–Crippen MR) is 149 cm³/mol. The first-order valence-electron chi connectivity index (χ1n) is 13.4. The first-order valence-corrected chi connectivity index (χ1v) is 15.3. The molecule has 1 amide bonds. The first kappa shape index (κ1) is 30.8. The van der Waals surface area contributed by atoms with Gasteiger partial charge in [0, 0.05) is 24.2 Å². The smallest absolute Gasteiger partial charge is 0.267 e. The number of benzene rings is 2. The van der Waals surface area contributed by atoms with Crippen LogP contribution in [-0.2, 0) is 21.4 Å². The van der Waals surface area contributed by atoms with Gasteiger partial charge in [0.1, 0.15) is 17.3 Å². The lowest BCUT2D eigenvalue weighted by molar-refractivity contribution is -0.0367. The Kier molecular flexibility index (Phi) is 8.95. The van der Waals surface area contributed by atoms with Gasteiger partial charge in [-0.15, -0.1) is 0 Å². The molecule has 1 atom stereocenters. The van der Waals surface area contributed by atoms with Crippen LogP contribution in [0.25, 0.3) is 0 Å². The summed E-state index contributed by atoms with van der Waals surface area (Å²) in [5.41, 5.74) is 0.0599. The third-order valence-corrected chi connectivity index (χ3v) is 10.0. The number of hydrogen-bond donors (Lipinski definition) is 1. The molecule has 2 aromatic rings. The second kappa shape index (κ2) is 11.6. The summed E-state index contributed by atoms with van der Waals surface area (Å²) < 4.78 is 75.6. The number of likely N-dealkylation sites (tertiary alicyclic amines) is 1. The molecule has 0 radical (unpaired) electrons. The number of rotatable bonds is 9. The molecule has 40 heavy (non-hydrogen) atoms. The van der Waals surface area contributed by atoms with E-state index in [2.05, 4.69) is 4.90 Å². The molecular weight excluding hydrogens is 565 g/mol. The van der Waals surface area contributed by atoms with Crippen LogP contribution in [0.1, 0.15) is 92.4 Å². The maximum Gasteiger partial charge on any atom is 0.267 e.